The van der Waals surface area contributed by atoms with E-state index in [1.807, 2.05) is 51.1 Å². The maximum Gasteiger partial charge on any atom is 0.407 e. The van der Waals surface area contributed by atoms with Crippen LogP contribution in [0.5, 0.6) is 0 Å². The van der Waals surface area contributed by atoms with Crippen molar-refractivity contribution >= 4 is 18.1 Å². The van der Waals surface area contributed by atoms with E-state index in [0.717, 1.165) is 59.2 Å². The van der Waals surface area contributed by atoms with Crippen molar-refractivity contribution in [2.75, 3.05) is 20.2 Å². The Bertz CT molecular complexity index is 2060. The Morgan fingerprint density at radius 1 is 0.922 bits per heavy atom. The Morgan fingerprint density at radius 3 is 2.35 bits per heavy atom. The lowest BCUT2D eigenvalue weighted by Gasteiger charge is -2.30. The van der Waals surface area contributed by atoms with Crippen molar-refractivity contribution in [1.29, 1.82) is 0 Å². The summed E-state index contributed by atoms with van der Waals surface area (Å²) in [5.74, 6) is 13.1. The van der Waals surface area contributed by atoms with Crippen LogP contribution < -0.4 is 5.32 Å². The molecule has 51 heavy (non-hydrogen) atoms. The standard InChI is InChI=1S/C39H41N7O5/c1-24(2)34(44-38(48)51-4)37(47)45-18-8-14-32(45)36-41-23-31(43-36)28-17-16-26(30(21-28)27-12-7-10-25(3)20-27)11-5-6-13-29-22-40-35(42-29)33-15-9-19-46(33)39(49)50/h7,10,12,16-17,20-24,32-34H,8-9,14-15,18-19H2,1-4H3,(H,40,42)(H,41,43)(H,44,48)(H,49,50). The van der Waals surface area contributed by atoms with Gasteiger partial charge in [-0.3, -0.25) is 9.69 Å². The van der Waals surface area contributed by atoms with E-state index in [0.29, 0.717) is 30.4 Å². The smallest absolute Gasteiger partial charge is 0.407 e. The third kappa shape index (κ3) is 7.76. The number of methoxy groups -OCH3 is 1. The van der Waals surface area contributed by atoms with Crippen LogP contribution in [-0.4, -0.2) is 79.2 Å². The molecule has 0 saturated carbocycles. The van der Waals surface area contributed by atoms with Gasteiger partial charge < -0.3 is 30.0 Å². The monoisotopic (exact) mass is 687 g/mol. The third-order valence-corrected chi connectivity index (χ3v) is 9.36. The summed E-state index contributed by atoms with van der Waals surface area (Å²) in [5, 5.41) is 12.2. The van der Waals surface area contributed by atoms with Gasteiger partial charge in [-0.1, -0.05) is 55.7 Å². The van der Waals surface area contributed by atoms with Gasteiger partial charge in [-0.15, -0.1) is 0 Å². The average molecular weight is 688 g/mol. The number of carbonyl (C=O) groups excluding carboxylic acids is 2. The molecule has 3 atom stereocenters. The Balaban J connectivity index is 1.24. The van der Waals surface area contributed by atoms with Crippen LogP contribution in [0, 0.1) is 36.5 Å². The van der Waals surface area contributed by atoms with Gasteiger partial charge in [-0.25, -0.2) is 19.6 Å². The fraction of sp³-hybridized carbons (Fsp3) is 0.359. The number of likely N-dealkylation sites (tertiary alicyclic amines) is 2. The van der Waals surface area contributed by atoms with E-state index in [4.69, 9.17) is 9.72 Å². The summed E-state index contributed by atoms with van der Waals surface area (Å²) >= 11 is 0. The van der Waals surface area contributed by atoms with Crippen molar-refractivity contribution in [1.82, 2.24) is 35.1 Å². The molecule has 3 unspecified atom stereocenters. The number of rotatable bonds is 7. The van der Waals surface area contributed by atoms with E-state index in [2.05, 4.69) is 56.1 Å². The van der Waals surface area contributed by atoms with Crippen LogP contribution in [0.25, 0.3) is 22.4 Å². The second kappa shape index (κ2) is 15.3. The fourth-order valence-corrected chi connectivity index (χ4v) is 6.76. The number of aromatic nitrogens is 4. The predicted octanol–water partition coefficient (Wildman–Crippen LogP) is 6.04. The summed E-state index contributed by atoms with van der Waals surface area (Å²) in [5.41, 5.74) is 6.16. The number of nitrogens with one attached hydrogen (secondary N) is 3. The minimum absolute atomic E-state index is 0.121. The Morgan fingerprint density at radius 2 is 1.63 bits per heavy atom. The van der Waals surface area contributed by atoms with E-state index in [-0.39, 0.29) is 23.9 Å². The van der Waals surface area contributed by atoms with Crippen molar-refractivity contribution in [3.8, 4) is 46.1 Å². The maximum absolute atomic E-state index is 13.6. The predicted molar refractivity (Wildman–Crippen MR) is 191 cm³/mol. The number of ether oxygens (including phenoxy) is 1. The van der Waals surface area contributed by atoms with Crippen molar-refractivity contribution < 1.29 is 24.2 Å². The van der Waals surface area contributed by atoms with Crippen LogP contribution in [-0.2, 0) is 9.53 Å². The summed E-state index contributed by atoms with van der Waals surface area (Å²) in [6, 6.07) is 13.0. The van der Waals surface area contributed by atoms with Gasteiger partial charge in [0.15, 0.2) is 0 Å². The molecule has 4 aromatic rings. The molecular formula is C39H41N7O5. The molecule has 12 heteroatoms. The van der Waals surface area contributed by atoms with E-state index in [1.165, 1.54) is 12.0 Å². The van der Waals surface area contributed by atoms with Crippen LogP contribution in [0.3, 0.4) is 0 Å². The zero-order valence-corrected chi connectivity index (χ0v) is 29.1. The lowest BCUT2D eigenvalue weighted by Crippen LogP contribution is -2.51. The van der Waals surface area contributed by atoms with E-state index >= 15 is 0 Å². The first-order valence-electron chi connectivity index (χ1n) is 17.1. The molecule has 4 heterocycles. The molecule has 4 N–H and O–H groups in total. The molecule has 0 spiro atoms. The summed E-state index contributed by atoms with van der Waals surface area (Å²) in [6.07, 6.45) is 4.91. The summed E-state index contributed by atoms with van der Waals surface area (Å²) in [6.45, 7) is 6.90. The number of nitrogens with zero attached hydrogens (tertiary/aromatic N) is 4. The molecule has 0 bridgehead atoms. The van der Waals surface area contributed by atoms with Crippen LogP contribution in [0.4, 0.5) is 9.59 Å². The van der Waals surface area contributed by atoms with Gasteiger partial charge in [0.25, 0.3) is 0 Å². The number of benzene rings is 2. The second-order valence-electron chi connectivity index (χ2n) is 13.2. The number of carboxylic acid groups (broad SMARTS) is 1. The molecule has 6 rings (SSSR count). The van der Waals surface area contributed by atoms with E-state index < -0.39 is 18.2 Å². The minimum atomic E-state index is -0.950. The Hall–Kier alpha value is -6.01. The van der Waals surface area contributed by atoms with Gasteiger partial charge in [0.1, 0.15) is 23.4 Å². The highest BCUT2D eigenvalue weighted by Crippen LogP contribution is 2.34. The number of aryl methyl sites for hydroxylation is 1. The number of H-pyrrole nitrogens is 2. The van der Waals surface area contributed by atoms with Gasteiger partial charge in [-0.05, 0) is 79.5 Å². The van der Waals surface area contributed by atoms with E-state index in [1.54, 1.807) is 17.3 Å². The normalized spacial score (nSPS) is 17.4. The van der Waals surface area contributed by atoms with Crippen molar-refractivity contribution in [2.24, 2.45) is 5.92 Å². The largest absolute Gasteiger partial charge is 0.465 e. The number of imidazole rings is 2. The first-order chi connectivity index (χ1) is 24.6. The molecule has 0 radical (unpaired) electrons. The van der Waals surface area contributed by atoms with Gasteiger partial charge in [-0.2, -0.15) is 0 Å². The number of amides is 3. The van der Waals surface area contributed by atoms with E-state index in [9.17, 15) is 19.5 Å². The number of hydrogen-bond donors (Lipinski definition) is 4. The first kappa shape index (κ1) is 34.8. The quantitative estimate of drug-likeness (QED) is 0.173. The molecule has 262 valence electrons. The third-order valence-electron chi connectivity index (χ3n) is 9.36. The molecule has 3 amide bonds. The zero-order chi connectivity index (χ0) is 36.1. The molecule has 2 saturated heterocycles. The zero-order valence-electron chi connectivity index (χ0n) is 29.1. The summed E-state index contributed by atoms with van der Waals surface area (Å²) < 4.78 is 4.76. The van der Waals surface area contributed by atoms with Crippen molar-refractivity contribution in [2.45, 2.75) is 64.6 Å². The van der Waals surface area contributed by atoms with Crippen molar-refractivity contribution in [3.05, 3.63) is 83.3 Å². The molecule has 2 aromatic carbocycles. The number of aromatic amines is 2. The van der Waals surface area contributed by atoms with Crippen LogP contribution in [0.15, 0.2) is 54.9 Å². The van der Waals surface area contributed by atoms with Gasteiger partial charge >= 0.3 is 12.2 Å². The Kier molecular flexibility index (Phi) is 10.4. The SMILES string of the molecule is COC(=O)NC(C(=O)N1CCCC1c1ncc(-c2ccc(C#CC#Cc3cnc(C4CCCN4C(=O)O)[nH]3)c(-c3cccc(C)c3)c2)[nH]1)C(C)C. The highest BCUT2D eigenvalue weighted by Gasteiger charge is 2.37. The maximum atomic E-state index is 13.6. The fourth-order valence-electron chi connectivity index (χ4n) is 6.76. The topological polar surface area (TPSA) is 157 Å². The second-order valence-corrected chi connectivity index (χ2v) is 13.2. The van der Waals surface area contributed by atoms with Gasteiger partial charge in [0.05, 0.1) is 37.3 Å². The Labute approximate surface area is 297 Å². The van der Waals surface area contributed by atoms with Crippen molar-refractivity contribution in [3.63, 3.8) is 0 Å². The number of alkyl carbamates (subject to hydrolysis) is 1. The molecule has 2 fully saturated rings. The number of hydrogen-bond acceptors (Lipinski definition) is 6. The molecule has 0 aliphatic carbocycles. The highest BCUT2D eigenvalue weighted by atomic mass is 16.5. The minimum Gasteiger partial charge on any atom is -0.465 e. The van der Waals surface area contributed by atoms with Crippen LogP contribution in [0.2, 0.25) is 0 Å². The molecule has 12 nitrogen and oxygen atoms in total. The van der Waals surface area contributed by atoms with Crippen LogP contribution in [0.1, 0.15) is 80.1 Å². The highest BCUT2D eigenvalue weighted by molar-refractivity contribution is 5.86. The average Bonchev–Trinajstić information content (AvgIpc) is 3.95. The first-order valence-corrected chi connectivity index (χ1v) is 17.1. The molecule has 2 aliphatic rings. The summed E-state index contributed by atoms with van der Waals surface area (Å²) in [7, 11) is 1.28. The summed E-state index contributed by atoms with van der Waals surface area (Å²) in [4.78, 5) is 56.0. The molecule has 2 aliphatic heterocycles. The number of carbonyl (C=O) groups is 3. The lowest BCUT2D eigenvalue weighted by atomic mass is 9.95. The molecule has 2 aromatic heterocycles. The lowest BCUT2D eigenvalue weighted by molar-refractivity contribution is -0.135. The van der Waals surface area contributed by atoms with Crippen LogP contribution >= 0.6 is 0 Å². The molecular weight excluding hydrogens is 646 g/mol. The van der Waals surface area contributed by atoms with Gasteiger partial charge in [0.2, 0.25) is 5.91 Å². The van der Waals surface area contributed by atoms with Gasteiger partial charge in [0, 0.05) is 24.2 Å².